The molecule has 0 aliphatic rings. The maximum absolute atomic E-state index is 13.3. The van der Waals surface area contributed by atoms with Gasteiger partial charge in [0.05, 0.1) is 21.2 Å². The molecule has 17 nitrogen and oxygen atoms in total. The van der Waals surface area contributed by atoms with Gasteiger partial charge in [0.15, 0.2) is 0 Å². The van der Waals surface area contributed by atoms with E-state index >= 15 is 0 Å². The Morgan fingerprint density at radius 3 is 1.20 bits per heavy atom. The number of hydrogen-bond acceptors (Lipinski definition) is 11. The van der Waals surface area contributed by atoms with Gasteiger partial charge in [-0.2, -0.15) is 16.8 Å². The van der Waals surface area contributed by atoms with Gasteiger partial charge in [0.25, 0.3) is 40.3 Å². The second-order valence-corrected chi connectivity index (χ2v) is 18.5. The molecule has 0 aliphatic heterocycles. The largest absolute Gasteiger partial charge is 0.505 e. The SMILES string of the molecule is Cc1cc(S(=O)(=O)Nc2ccc3cccc(S(=O)(=O)O)c3c2O)ccc1NC(=O)Nc1ccc(S(=O)(=O)Nc2ccc3cccc(S(=O)(=O)O)c3c2O)cc1C. The number of rotatable bonds is 10. The number of benzene rings is 6. The summed E-state index contributed by atoms with van der Waals surface area (Å²) in [6.07, 6.45) is 0. The predicted molar refractivity (Wildman–Crippen MR) is 207 cm³/mol. The van der Waals surface area contributed by atoms with Crippen molar-refractivity contribution in [1.29, 1.82) is 0 Å². The van der Waals surface area contributed by atoms with Crippen molar-refractivity contribution in [1.82, 2.24) is 0 Å². The normalized spacial score (nSPS) is 12.4. The smallest absolute Gasteiger partial charge is 0.323 e. The van der Waals surface area contributed by atoms with Crippen molar-refractivity contribution in [3.8, 4) is 11.5 Å². The van der Waals surface area contributed by atoms with Gasteiger partial charge in [-0.1, -0.05) is 36.4 Å². The molecule has 8 N–H and O–H groups in total. The predicted octanol–water partition coefficient (Wildman–Crippen LogP) is 5.76. The molecule has 0 spiro atoms. The van der Waals surface area contributed by atoms with Gasteiger partial charge in [0.1, 0.15) is 21.3 Å². The lowest BCUT2D eigenvalue weighted by atomic mass is 10.1. The van der Waals surface area contributed by atoms with Crippen LogP contribution in [0.3, 0.4) is 0 Å². The molecule has 0 aliphatic carbocycles. The number of carbonyl (C=O) groups excluding carboxylic acids is 1. The molecule has 6 rings (SSSR count). The van der Waals surface area contributed by atoms with Crippen LogP contribution in [0.1, 0.15) is 11.1 Å². The van der Waals surface area contributed by atoms with Crippen LogP contribution in [-0.4, -0.2) is 59.0 Å². The molecule has 0 unspecified atom stereocenters. The average Bonchev–Trinajstić information content (AvgIpc) is 3.11. The second-order valence-electron chi connectivity index (χ2n) is 12.3. The lowest BCUT2D eigenvalue weighted by Crippen LogP contribution is -2.21. The zero-order chi connectivity index (χ0) is 41.0. The lowest BCUT2D eigenvalue weighted by molar-refractivity contribution is 0.262. The number of sulfonamides is 2. The number of hydrogen-bond donors (Lipinski definition) is 8. The van der Waals surface area contributed by atoms with Gasteiger partial charge in [-0.15, -0.1) is 0 Å². The fraction of sp³-hybridized carbons (Fsp3) is 0.0571. The van der Waals surface area contributed by atoms with Crippen LogP contribution in [0.5, 0.6) is 11.5 Å². The lowest BCUT2D eigenvalue weighted by Gasteiger charge is -2.16. The van der Waals surface area contributed by atoms with Crippen LogP contribution in [-0.2, 0) is 40.3 Å². The van der Waals surface area contributed by atoms with E-state index in [1.165, 1.54) is 98.8 Å². The van der Waals surface area contributed by atoms with Crippen molar-refractivity contribution in [2.75, 3.05) is 20.1 Å². The van der Waals surface area contributed by atoms with Crippen molar-refractivity contribution < 1.29 is 57.8 Å². The minimum Gasteiger partial charge on any atom is -0.505 e. The molecule has 56 heavy (non-hydrogen) atoms. The molecule has 6 aromatic rings. The van der Waals surface area contributed by atoms with Gasteiger partial charge >= 0.3 is 6.03 Å². The summed E-state index contributed by atoms with van der Waals surface area (Å²) in [6, 6.07) is 19.5. The topological polar surface area (TPSA) is 283 Å². The standard InChI is InChI=1S/C35H30N4O13S4/c1-19-17-23(53(43,44)38-27-13-9-21-5-3-7-29(55(47,48)49)31(21)33(27)40)11-15-25(19)36-35(42)37-26-16-12-24(18-20(26)2)54(45,46)39-28-14-10-22-6-4-8-30(56(50,51)52)32(22)34(28)41/h3-18,38-41H,1-2H3,(H2,36,37,42)(H,47,48,49)(H,50,51,52). The molecule has 21 heteroatoms. The number of carbonyl (C=O) groups is 1. The fourth-order valence-electron chi connectivity index (χ4n) is 5.82. The Balaban J connectivity index is 1.16. The van der Waals surface area contributed by atoms with Crippen molar-refractivity contribution in [3.05, 3.63) is 108 Å². The number of aromatic hydroxyl groups is 2. The van der Waals surface area contributed by atoms with E-state index in [4.69, 9.17) is 0 Å². The van der Waals surface area contributed by atoms with E-state index in [-0.39, 0.29) is 54.1 Å². The summed E-state index contributed by atoms with van der Waals surface area (Å²) in [5, 5.41) is 26.6. The Bertz CT molecular complexity index is 2880. The highest BCUT2D eigenvalue weighted by Gasteiger charge is 2.24. The molecule has 0 heterocycles. The summed E-state index contributed by atoms with van der Waals surface area (Å²) in [5.74, 6) is -1.46. The Morgan fingerprint density at radius 1 is 0.500 bits per heavy atom. The van der Waals surface area contributed by atoms with Crippen molar-refractivity contribution in [3.63, 3.8) is 0 Å². The highest BCUT2D eigenvalue weighted by molar-refractivity contribution is 7.93. The minimum absolute atomic E-state index is 0.196. The Morgan fingerprint density at radius 2 is 0.857 bits per heavy atom. The number of nitrogens with one attached hydrogen (secondary N) is 4. The molecule has 292 valence electrons. The highest BCUT2D eigenvalue weighted by atomic mass is 32.2. The second kappa shape index (κ2) is 14.3. The van der Waals surface area contributed by atoms with Crippen molar-refractivity contribution in [2.24, 2.45) is 0 Å². The van der Waals surface area contributed by atoms with E-state index in [2.05, 4.69) is 20.1 Å². The Labute approximate surface area is 320 Å². The quantitative estimate of drug-likeness (QED) is 0.0602. The summed E-state index contributed by atoms with van der Waals surface area (Å²) >= 11 is 0. The minimum atomic E-state index is -4.77. The summed E-state index contributed by atoms with van der Waals surface area (Å²) < 4.78 is 124. The zero-order valence-electron chi connectivity index (χ0n) is 28.8. The molecule has 0 fully saturated rings. The van der Waals surface area contributed by atoms with E-state index in [0.29, 0.717) is 11.1 Å². The molecule has 2 amide bonds. The summed E-state index contributed by atoms with van der Waals surface area (Å²) in [5.41, 5.74) is 0.258. The van der Waals surface area contributed by atoms with Crippen LogP contribution in [0.15, 0.2) is 117 Å². The monoisotopic (exact) mass is 842 g/mol. The summed E-state index contributed by atoms with van der Waals surface area (Å²) in [4.78, 5) is 11.2. The van der Waals surface area contributed by atoms with Crippen molar-refractivity contribution >= 4 is 90.6 Å². The number of anilines is 4. The third-order valence-electron chi connectivity index (χ3n) is 8.52. The molecular weight excluding hydrogens is 813 g/mol. The van der Waals surface area contributed by atoms with Gasteiger partial charge in [-0.25, -0.2) is 21.6 Å². The first-order chi connectivity index (χ1) is 26.1. The Hall–Kier alpha value is -5.97. The van der Waals surface area contributed by atoms with Gasteiger partial charge in [0, 0.05) is 22.1 Å². The third kappa shape index (κ3) is 7.89. The van der Waals surface area contributed by atoms with E-state index in [1.54, 1.807) is 0 Å². The molecular formula is C35H30N4O13S4. The first kappa shape index (κ1) is 39.7. The maximum atomic E-state index is 13.3. The molecule has 0 radical (unpaired) electrons. The van der Waals surface area contributed by atoms with Gasteiger partial charge < -0.3 is 20.8 Å². The number of amides is 2. The van der Waals surface area contributed by atoms with Crippen LogP contribution in [0.4, 0.5) is 27.5 Å². The molecule has 0 aromatic heterocycles. The third-order valence-corrected chi connectivity index (χ3v) is 13.0. The molecule has 0 saturated heterocycles. The molecule has 0 saturated carbocycles. The van der Waals surface area contributed by atoms with Crippen molar-refractivity contribution in [2.45, 2.75) is 33.4 Å². The zero-order valence-corrected chi connectivity index (χ0v) is 32.1. The highest BCUT2D eigenvalue weighted by Crippen LogP contribution is 2.39. The maximum Gasteiger partial charge on any atom is 0.323 e. The number of phenolic OH excluding ortho intramolecular Hbond substituents is 2. The van der Waals surface area contributed by atoms with Crippen LogP contribution < -0.4 is 20.1 Å². The number of urea groups is 1. The fourth-order valence-corrected chi connectivity index (χ4v) is 9.57. The van der Waals surface area contributed by atoms with E-state index < -0.39 is 67.6 Å². The average molecular weight is 843 g/mol. The van der Waals surface area contributed by atoms with E-state index in [0.717, 1.165) is 12.1 Å². The summed E-state index contributed by atoms with van der Waals surface area (Å²) in [6.45, 7) is 3.02. The molecule has 6 aromatic carbocycles. The first-order valence-corrected chi connectivity index (χ1v) is 21.7. The van der Waals surface area contributed by atoms with Crippen LogP contribution in [0.2, 0.25) is 0 Å². The van der Waals surface area contributed by atoms with Crippen LogP contribution in [0, 0.1) is 13.8 Å². The first-order valence-electron chi connectivity index (χ1n) is 15.9. The number of aryl methyl sites for hydroxylation is 2. The molecule has 0 atom stereocenters. The van der Waals surface area contributed by atoms with E-state index in [9.17, 15) is 57.8 Å². The van der Waals surface area contributed by atoms with Gasteiger partial charge in [0.2, 0.25) is 0 Å². The van der Waals surface area contributed by atoms with E-state index in [1.807, 2.05) is 0 Å². The number of fused-ring (bicyclic) bond motifs is 2. The van der Waals surface area contributed by atoms with Gasteiger partial charge in [-0.05, 0) is 96.4 Å². The Kier molecular flexibility index (Phi) is 10.1. The number of phenols is 2. The van der Waals surface area contributed by atoms with Crippen LogP contribution >= 0.6 is 0 Å². The van der Waals surface area contributed by atoms with Crippen LogP contribution in [0.25, 0.3) is 21.5 Å². The van der Waals surface area contributed by atoms with Gasteiger partial charge in [-0.3, -0.25) is 18.5 Å². The molecule has 0 bridgehead atoms. The summed E-state index contributed by atoms with van der Waals surface area (Å²) in [7, 11) is -18.3.